The standard InChI is InChI=1S/C13H8BrCl3/c14-7-8-3-9(5-11(16)4-8)12-2-1-10(15)6-13(12)17/h1-6H,7H2. The maximum atomic E-state index is 6.17. The fraction of sp³-hybridized carbons (Fsp3) is 0.0769. The van der Waals surface area contributed by atoms with Crippen LogP contribution in [-0.2, 0) is 5.33 Å². The highest BCUT2D eigenvalue weighted by atomic mass is 79.9. The third-order valence-corrected chi connectivity index (χ3v) is 3.77. The molecule has 0 heterocycles. The van der Waals surface area contributed by atoms with Crippen LogP contribution >= 0.6 is 50.7 Å². The van der Waals surface area contributed by atoms with Crippen molar-refractivity contribution in [2.45, 2.75) is 5.33 Å². The van der Waals surface area contributed by atoms with Crippen LogP contribution in [-0.4, -0.2) is 0 Å². The maximum Gasteiger partial charge on any atom is 0.0499 e. The minimum absolute atomic E-state index is 0.625. The first kappa shape index (κ1) is 13.2. The summed E-state index contributed by atoms with van der Waals surface area (Å²) in [6.07, 6.45) is 0. The van der Waals surface area contributed by atoms with Crippen molar-refractivity contribution in [1.82, 2.24) is 0 Å². The normalized spacial score (nSPS) is 10.6. The second-order valence-electron chi connectivity index (χ2n) is 3.61. The molecule has 0 saturated heterocycles. The Morgan fingerprint density at radius 2 is 1.65 bits per heavy atom. The van der Waals surface area contributed by atoms with Crippen LogP contribution in [0.15, 0.2) is 36.4 Å². The molecule has 0 nitrogen and oxygen atoms in total. The van der Waals surface area contributed by atoms with Gasteiger partial charge in [-0.05, 0) is 35.4 Å². The Hall–Kier alpha value is -0.210. The zero-order chi connectivity index (χ0) is 12.4. The molecule has 0 aromatic heterocycles. The van der Waals surface area contributed by atoms with Gasteiger partial charge in [-0.25, -0.2) is 0 Å². The summed E-state index contributed by atoms with van der Waals surface area (Å²) < 4.78 is 0. The monoisotopic (exact) mass is 348 g/mol. The van der Waals surface area contributed by atoms with Crippen LogP contribution in [0.25, 0.3) is 11.1 Å². The second kappa shape index (κ2) is 5.62. The van der Waals surface area contributed by atoms with E-state index in [-0.39, 0.29) is 0 Å². The van der Waals surface area contributed by atoms with Crippen molar-refractivity contribution in [3.63, 3.8) is 0 Å². The number of hydrogen-bond acceptors (Lipinski definition) is 0. The molecule has 0 aliphatic carbocycles. The average molecular weight is 350 g/mol. The van der Waals surface area contributed by atoms with Gasteiger partial charge in [-0.3, -0.25) is 0 Å². The van der Waals surface area contributed by atoms with Gasteiger partial charge in [0.2, 0.25) is 0 Å². The molecule has 0 spiro atoms. The maximum absolute atomic E-state index is 6.17. The molecule has 0 bridgehead atoms. The van der Waals surface area contributed by atoms with E-state index in [1.165, 1.54) is 0 Å². The Kier molecular flexibility index (Phi) is 4.37. The molecule has 4 heteroatoms. The number of alkyl halides is 1. The van der Waals surface area contributed by atoms with Crippen molar-refractivity contribution in [2.75, 3.05) is 0 Å². The third kappa shape index (κ3) is 3.17. The van der Waals surface area contributed by atoms with E-state index in [2.05, 4.69) is 22.0 Å². The molecule has 0 fully saturated rings. The van der Waals surface area contributed by atoms with Crippen molar-refractivity contribution in [3.8, 4) is 11.1 Å². The van der Waals surface area contributed by atoms with Gasteiger partial charge in [0.15, 0.2) is 0 Å². The largest absolute Gasteiger partial charge is 0.0876 e. The molecule has 0 atom stereocenters. The highest BCUT2D eigenvalue weighted by molar-refractivity contribution is 9.08. The van der Waals surface area contributed by atoms with Gasteiger partial charge in [-0.2, -0.15) is 0 Å². The van der Waals surface area contributed by atoms with Crippen molar-refractivity contribution in [1.29, 1.82) is 0 Å². The van der Waals surface area contributed by atoms with E-state index >= 15 is 0 Å². The van der Waals surface area contributed by atoms with E-state index in [9.17, 15) is 0 Å². The predicted octanol–water partition coefficient (Wildman–Crippen LogP) is 6.21. The van der Waals surface area contributed by atoms with Gasteiger partial charge < -0.3 is 0 Å². The molecule has 0 amide bonds. The molecule has 0 unspecified atom stereocenters. The van der Waals surface area contributed by atoms with Crippen molar-refractivity contribution < 1.29 is 0 Å². The van der Waals surface area contributed by atoms with E-state index in [0.717, 1.165) is 22.0 Å². The molecule has 2 aromatic carbocycles. The summed E-state index contributed by atoms with van der Waals surface area (Å²) >= 11 is 21.5. The van der Waals surface area contributed by atoms with E-state index < -0.39 is 0 Å². The molecule has 0 aliphatic heterocycles. The number of rotatable bonds is 2. The first-order valence-electron chi connectivity index (χ1n) is 4.91. The summed E-state index contributed by atoms with van der Waals surface area (Å²) in [5.74, 6) is 0. The highest BCUT2D eigenvalue weighted by Crippen LogP contribution is 2.32. The van der Waals surface area contributed by atoms with Gasteiger partial charge in [0.1, 0.15) is 0 Å². The molecular formula is C13H8BrCl3. The number of hydrogen-bond donors (Lipinski definition) is 0. The first-order chi connectivity index (χ1) is 8.10. The predicted molar refractivity (Wildman–Crippen MR) is 79.5 cm³/mol. The SMILES string of the molecule is Clc1cc(CBr)cc(-c2ccc(Cl)cc2Cl)c1. The Labute approximate surface area is 124 Å². The number of halogens is 4. The van der Waals surface area contributed by atoms with Crippen molar-refractivity contribution >= 4 is 50.7 Å². The van der Waals surface area contributed by atoms with E-state index in [1.54, 1.807) is 6.07 Å². The summed E-state index contributed by atoms with van der Waals surface area (Å²) in [4.78, 5) is 0. The zero-order valence-corrected chi connectivity index (χ0v) is 12.5. The highest BCUT2D eigenvalue weighted by Gasteiger charge is 2.06. The quantitative estimate of drug-likeness (QED) is 0.565. The van der Waals surface area contributed by atoms with Crippen LogP contribution in [0.1, 0.15) is 5.56 Å². The minimum atomic E-state index is 0.625. The fourth-order valence-electron chi connectivity index (χ4n) is 1.61. The van der Waals surface area contributed by atoms with Gasteiger partial charge >= 0.3 is 0 Å². The van der Waals surface area contributed by atoms with Gasteiger partial charge in [-0.1, -0.05) is 62.9 Å². The molecule has 0 saturated carbocycles. The van der Waals surface area contributed by atoms with Crippen molar-refractivity contribution in [3.05, 3.63) is 57.0 Å². The zero-order valence-electron chi connectivity index (χ0n) is 8.68. The molecule has 0 radical (unpaired) electrons. The van der Waals surface area contributed by atoms with Crippen LogP contribution in [0.4, 0.5) is 0 Å². The molecule has 2 aromatic rings. The Morgan fingerprint density at radius 3 is 2.29 bits per heavy atom. The first-order valence-corrected chi connectivity index (χ1v) is 7.16. The number of benzene rings is 2. The second-order valence-corrected chi connectivity index (χ2v) is 5.45. The third-order valence-electron chi connectivity index (χ3n) is 2.35. The van der Waals surface area contributed by atoms with Crippen LogP contribution in [0.5, 0.6) is 0 Å². The lowest BCUT2D eigenvalue weighted by Crippen LogP contribution is -1.84. The van der Waals surface area contributed by atoms with Crippen LogP contribution in [0, 0.1) is 0 Å². The summed E-state index contributed by atoms with van der Waals surface area (Å²) in [6.45, 7) is 0. The Morgan fingerprint density at radius 1 is 0.882 bits per heavy atom. The molecule has 88 valence electrons. The summed E-state index contributed by atoms with van der Waals surface area (Å²) in [5.41, 5.74) is 3.04. The lowest BCUT2D eigenvalue weighted by Gasteiger charge is -2.07. The molecular weight excluding hydrogens is 342 g/mol. The van der Waals surface area contributed by atoms with Gasteiger partial charge in [0, 0.05) is 26.0 Å². The minimum Gasteiger partial charge on any atom is -0.0876 e. The molecule has 0 N–H and O–H groups in total. The van der Waals surface area contributed by atoms with Crippen molar-refractivity contribution in [2.24, 2.45) is 0 Å². The topological polar surface area (TPSA) is 0 Å². The van der Waals surface area contributed by atoms with E-state index in [1.807, 2.05) is 24.3 Å². The lowest BCUT2D eigenvalue weighted by molar-refractivity contribution is 1.43. The van der Waals surface area contributed by atoms with Gasteiger partial charge in [-0.15, -0.1) is 0 Å². The average Bonchev–Trinajstić information content (AvgIpc) is 2.28. The van der Waals surface area contributed by atoms with Crippen LogP contribution < -0.4 is 0 Å². The Balaban J connectivity index is 2.55. The van der Waals surface area contributed by atoms with Gasteiger partial charge in [0.25, 0.3) is 0 Å². The Bertz CT molecular complexity index is 552. The molecule has 17 heavy (non-hydrogen) atoms. The van der Waals surface area contributed by atoms with Gasteiger partial charge in [0.05, 0.1) is 0 Å². The smallest absolute Gasteiger partial charge is 0.0499 e. The van der Waals surface area contributed by atoms with E-state index in [4.69, 9.17) is 34.8 Å². The van der Waals surface area contributed by atoms with E-state index in [0.29, 0.717) is 15.1 Å². The lowest BCUT2D eigenvalue weighted by atomic mass is 10.0. The summed E-state index contributed by atoms with van der Waals surface area (Å²) in [5, 5.41) is 2.70. The summed E-state index contributed by atoms with van der Waals surface area (Å²) in [7, 11) is 0. The van der Waals surface area contributed by atoms with Crippen LogP contribution in [0.3, 0.4) is 0 Å². The molecule has 0 aliphatic rings. The summed E-state index contributed by atoms with van der Waals surface area (Å²) in [6, 6.07) is 11.3. The fourth-order valence-corrected chi connectivity index (χ4v) is 2.71. The molecule has 2 rings (SSSR count). The van der Waals surface area contributed by atoms with Crippen LogP contribution in [0.2, 0.25) is 15.1 Å².